The van der Waals surface area contributed by atoms with Crippen LogP contribution >= 0.6 is 11.6 Å². The maximum atomic E-state index is 13.5. The molecule has 0 unspecified atom stereocenters. The van der Waals surface area contributed by atoms with Crippen LogP contribution in [0.4, 0.5) is 4.39 Å². The van der Waals surface area contributed by atoms with Crippen molar-refractivity contribution in [1.82, 2.24) is 4.31 Å². The first-order valence-corrected chi connectivity index (χ1v) is 9.45. The number of hydrogen-bond donors (Lipinski definition) is 0. The van der Waals surface area contributed by atoms with Gasteiger partial charge in [-0.15, -0.1) is 0 Å². The molecular formula is C17H17ClFNO3S. The number of hydrogen-bond acceptors (Lipinski definition) is 3. The van der Waals surface area contributed by atoms with Crippen LogP contribution in [0.2, 0.25) is 5.02 Å². The molecule has 0 radical (unpaired) electrons. The van der Waals surface area contributed by atoms with E-state index in [2.05, 4.69) is 0 Å². The Bertz CT molecular complexity index is 870. The number of rotatable bonds is 4. The smallest absolute Gasteiger partial charge is 0.218 e. The van der Waals surface area contributed by atoms with Crippen LogP contribution in [-0.4, -0.2) is 26.4 Å². The van der Waals surface area contributed by atoms with Gasteiger partial charge in [-0.2, -0.15) is 4.31 Å². The zero-order valence-electron chi connectivity index (χ0n) is 13.1. The van der Waals surface area contributed by atoms with Crippen LogP contribution in [0.1, 0.15) is 16.7 Å². The lowest BCUT2D eigenvalue weighted by atomic mass is 10.0. The molecule has 0 bridgehead atoms. The Balaban J connectivity index is 1.81. The summed E-state index contributed by atoms with van der Waals surface area (Å²) in [5, 5.41) is -0.0184. The Labute approximate surface area is 145 Å². The minimum Gasteiger partial charge on any atom is -0.497 e. The van der Waals surface area contributed by atoms with E-state index in [9.17, 15) is 12.8 Å². The average molecular weight is 370 g/mol. The summed E-state index contributed by atoms with van der Waals surface area (Å²) in [6.07, 6.45) is 0.646. The lowest BCUT2D eigenvalue weighted by Crippen LogP contribution is -2.36. The van der Waals surface area contributed by atoms with E-state index in [4.69, 9.17) is 16.3 Å². The van der Waals surface area contributed by atoms with E-state index in [1.807, 2.05) is 18.2 Å². The highest BCUT2D eigenvalue weighted by molar-refractivity contribution is 7.88. The summed E-state index contributed by atoms with van der Waals surface area (Å²) >= 11 is 5.64. The van der Waals surface area contributed by atoms with Gasteiger partial charge in [-0.3, -0.25) is 0 Å². The SMILES string of the molecule is COc1ccc2c(c1)CN(S(=O)(=O)Cc1ccc(Cl)c(F)c1)CC2. The van der Waals surface area contributed by atoms with Crippen molar-refractivity contribution >= 4 is 21.6 Å². The van der Waals surface area contributed by atoms with Crippen LogP contribution in [0.3, 0.4) is 0 Å². The Hall–Kier alpha value is -1.63. The van der Waals surface area contributed by atoms with Crippen LogP contribution in [0.15, 0.2) is 36.4 Å². The van der Waals surface area contributed by atoms with Gasteiger partial charge in [0.05, 0.1) is 17.9 Å². The van der Waals surface area contributed by atoms with Gasteiger partial charge in [0.2, 0.25) is 10.0 Å². The van der Waals surface area contributed by atoms with E-state index in [-0.39, 0.29) is 10.8 Å². The molecule has 0 amide bonds. The first-order chi connectivity index (χ1) is 11.4. The summed E-state index contributed by atoms with van der Waals surface area (Å²) in [5.74, 6) is -0.161. The monoisotopic (exact) mass is 369 g/mol. The third-order valence-electron chi connectivity index (χ3n) is 4.12. The maximum absolute atomic E-state index is 13.5. The van der Waals surface area contributed by atoms with Crippen LogP contribution < -0.4 is 4.74 Å². The molecule has 0 fully saturated rings. The van der Waals surface area contributed by atoms with Gasteiger partial charge in [0.25, 0.3) is 0 Å². The Morgan fingerprint density at radius 3 is 2.71 bits per heavy atom. The van der Waals surface area contributed by atoms with Gasteiger partial charge in [-0.05, 0) is 47.4 Å². The van der Waals surface area contributed by atoms with E-state index < -0.39 is 15.8 Å². The molecule has 1 aliphatic rings. The van der Waals surface area contributed by atoms with Crippen molar-refractivity contribution in [2.45, 2.75) is 18.7 Å². The predicted molar refractivity (Wildman–Crippen MR) is 91.1 cm³/mol. The van der Waals surface area contributed by atoms with Gasteiger partial charge in [-0.25, -0.2) is 12.8 Å². The highest BCUT2D eigenvalue weighted by Gasteiger charge is 2.27. The zero-order chi connectivity index (χ0) is 17.3. The average Bonchev–Trinajstić information content (AvgIpc) is 2.57. The zero-order valence-corrected chi connectivity index (χ0v) is 14.7. The van der Waals surface area contributed by atoms with Gasteiger partial charge >= 0.3 is 0 Å². The minimum absolute atomic E-state index is 0.0184. The quantitative estimate of drug-likeness (QED) is 0.830. The Morgan fingerprint density at radius 1 is 1.21 bits per heavy atom. The van der Waals surface area contributed by atoms with E-state index in [0.29, 0.717) is 30.8 Å². The molecule has 24 heavy (non-hydrogen) atoms. The van der Waals surface area contributed by atoms with Crippen molar-refractivity contribution in [3.63, 3.8) is 0 Å². The van der Waals surface area contributed by atoms with Crippen molar-refractivity contribution in [3.8, 4) is 5.75 Å². The van der Waals surface area contributed by atoms with Crippen LogP contribution in [0.5, 0.6) is 5.75 Å². The fourth-order valence-corrected chi connectivity index (χ4v) is 4.41. The second-order valence-corrected chi connectivity index (χ2v) is 8.10. The number of fused-ring (bicyclic) bond motifs is 1. The lowest BCUT2D eigenvalue weighted by molar-refractivity contribution is 0.384. The molecule has 0 atom stereocenters. The van der Waals surface area contributed by atoms with Crippen molar-refractivity contribution in [3.05, 3.63) is 63.9 Å². The standard InChI is InChI=1S/C17H17ClFNO3S/c1-23-15-4-3-13-6-7-20(10-14(13)9-15)24(21,22)11-12-2-5-16(18)17(19)8-12/h2-5,8-9H,6-7,10-11H2,1H3. The predicted octanol–water partition coefficient (Wildman–Crippen LogP) is 3.38. The molecule has 7 heteroatoms. The molecule has 3 rings (SSSR count). The van der Waals surface area contributed by atoms with Gasteiger partial charge in [0, 0.05) is 13.1 Å². The molecule has 1 aliphatic heterocycles. The van der Waals surface area contributed by atoms with Crippen LogP contribution in [-0.2, 0) is 28.7 Å². The molecule has 0 aromatic heterocycles. The third-order valence-corrected chi connectivity index (χ3v) is 6.22. The molecule has 0 saturated carbocycles. The van der Waals surface area contributed by atoms with E-state index in [0.717, 1.165) is 11.1 Å². The third kappa shape index (κ3) is 3.55. The largest absolute Gasteiger partial charge is 0.497 e. The number of ether oxygens (including phenoxy) is 1. The van der Waals surface area contributed by atoms with Crippen LogP contribution in [0.25, 0.3) is 0 Å². The molecule has 2 aromatic carbocycles. The maximum Gasteiger partial charge on any atom is 0.218 e. The molecule has 0 aliphatic carbocycles. The molecule has 4 nitrogen and oxygen atoms in total. The normalized spacial score (nSPS) is 15.1. The molecule has 128 valence electrons. The highest BCUT2D eigenvalue weighted by atomic mass is 35.5. The van der Waals surface area contributed by atoms with Crippen molar-refractivity contribution < 1.29 is 17.5 Å². The fraction of sp³-hybridized carbons (Fsp3) is 0.294. The molecule has 0 saturated heterocycles. The summed E-state index contributed by atoms with van der Waals surface area (Å²) in [6, 6.07) is 9.77. The van der Waals surface area contributed by atoms with Gasteiger partial charge in [-0.1, -0.05) is 23.7 Å². The highest BCUT2D eigenvalue weighted by Crippen LogP contribution is 2.26. The fourth-order valence-electron chi connectivity index (χ4n) is 2.80. The second kappa shape index (κ2) is 6.70. The molecule has 1 heterocycles. The van der Waals surface area contributed by atoms with Gasteiger partial charge in [0.15, 0.2) is 0 Å². The summed E-state index contributed by atoms with van der Waals surface area (Å²) in [5.41, 5.74) is 2.44. The van der Waals surface area contributed by atoms with E-state index in [1.165, 1.54) is 22.5 Å². The Morgan fingerprint density at radius 2 is 2.00 bits per heavy atom. The minimum atomic E-state index is -3.55. The number of benzene rings is 2. The summed E-state index contributed by atoms with van der Waals surface area (Å²) in [6.45, 7) is 0.711. The van der Waals surface area contributed by atoms with Gasteiger partial charge < -0.3 is 4.74 Å². The van der Waals surface area contributed by atoms with Crippen LogP contribution in [0, 0.1) is 5.82 Å². The number of sulfonamides is 1. The molecule has 0 spiro atoms. The van der Waals surface area contributed by atoms with E-state index >= 15 is 0 Å². The van der Waals surface area contributed by atoms with Gasteiger partial charge in [0.1, 0.15) is 11.6 Å². The summed E-state index contributed by atoms with van der Waals surface area (Å²) < 4.78 is 45.5. The Kier molecular flexibility index (Phi) is 4.80. The summed E-state index contributed by atoms with van der Waals surface area (Å²) in [7, 11) is -1.97. The van der Waals surface area contributed by atoms with E-state index in [1.54, 1.807) is 7.11 Å². The molecular weight excluding hydrogens is 353 g/mol. The topological polar surface area (TPSA) is 46.6 Å². The number of methoxy groups -OCH3 is 1. The first kappa shape index (κ1) is 17.2. The van der Waals surface area contributed by atoms with Crippen molar-refractivity contribution in [2.24, 2.45) is 0 Å². The number of nitrogens with zero attached hydrogens (tertiary/aromatic N) is 1. The lowest BCUT2D eigenvalue weighted by Gasteiger charge is -2.28. The second-order valence-electron chi connectivity index (χ2n) is 5.72. The van der Waals surface area contributed by atoms with Crippen molar-refractivity contribution in [1.29, 1.82) is 0 Å². The van der Waals surface area contributed by atoms with Crippen molar-refractivity contribution in [2.75, 3.05) is 13.7 Å². The first-order valence-electron chi connectivity index (χ1n) is 7.46. The number of halogens is 2. The molecule has 0 N–H and O–H groups in total. The molecule has 2 aromatic rings. The summed E-state index contributed by atoms with van der Waals surface area (Å²) in [4.78, 5) is 0.